The van der Waals surface area contributed by atoms with Gasteiger partial charge in [-0.1, -0.05) is 0 Å². The van der Waals surface area contributed by atoms with Crippen molar-refractivity contribution in [2.75, 3.05) is 37.7 Å². The van der Waals surface area contributed by atoms with Crippen LogP contribution in [-0.4, -0.2) is 58.8 Å². The fourth-order valence-corrected chi connectivity index (χ4v) is 6.09. The quantitative estimate of drug-likeness (QED) is 0.359. The zero-order valence-electron chi connectivity index (χ0n) is 18.9. The molecule has 0 saturated carbocycles. The molecule has 0 amide bonds. The topological polar surface area (TPSA) is 84.6 Å². The molecule has 0 aliphatic carbocycles. The van der Waals surface area contributed by atoms with Gasteiger partial charge in [-0.2, -0.15) is 0 Å². The number of nitro benzene ring substituents is 1. The third kappa shape index (κ3) is 4.45. The Hall–Kier alpha value is -2.62. The molecule has 0 radical (unpaired) electrons. The second-order valence-electron chi connectivity index (χ2n) is 8.74. The standard InChI is InChI=1S/C24H29N5O3S/c1-2-32-24(28-11-3-4-12-28)18-9-13-27(14-10-18)22-21-20(15-33-23(21)26-16-25-22)17-5-7-19(8-6-17)29(30)31/h5-8,15-16,18,24H,2-4,9-14H2,1H3. The highest BCUT2D eigenvalue weighted by atomic mass is 32.1. The Labute approximate surface area is 197 Å². The summed E-state index contributed by atoms with van der Waals surface area (Å²) in [4.78, 5) is 25.7. The maximum absolute atomic E-state index is 11.0. The number of piperidine rings is 1. The molecule has 1 aromatic carbocycles. The van der Waals surface area contributed by atoms with E-state index in [2.05, 4.69) is 32.1 Å². The number of non-ortho nitro benzene ring substituents is 1. The highest BCUT2D eigenvalue weighted by molar-refractivity contribution is 7.17. The average molecular weight is 468 g/mol. The van der Waals surface area contributed by atoms with Crippen LogP contribution in [0.3, 0.4) is 0 Å². The minimum Gasteiger partial charge on any atom is -0.363 e. The molecular formula is C24H29N5O3S. The van der Waals surface area contributed by atoms with Crippen molar-refractivity contribution in [3.05, 3.63) is 46.1 Å². The smallest absolute Gasteiger partial charge is 0.269 e. The van der Waals surface area contributed by atoms with E-state index in [0.717, 1.165) is 72.8 Å². The number of nitro groups is 1. The number of anilines is 1. The van der Waals surface area contributed by atoms with Crippen LogP contribution in [0.5, 0.6) is 0 Å². The predicted octanol–water partition coefficient (Wildman–Crippen LogP) is 4.94. The van der Waals surface area contributed by atoms with E-state index in [1.165, 1.54) is 12.8 Å². The zero-order chi connectivity index (χ0) is 22.8. The first-order valence-electron chi connectivity index (χ1n) is 11.7. The van der Waals surface area contributed by atoms with Gasteiger partial charge in [0.2, 0.25) is 0 Å². The first kappa shape index (κ1) is 22.2. The molecule has 2 fully saturated rings. The summed E-state index contributed by atoms with van der Waals surface area (Å²) in [6, 6.07) is 6.73. The van der Waals surface area contributed by atoms with Crippen LogP contribution in [0, 0.1) is 16.0 Å². The van der Waals surface area contributed by atoms with E-state index >= 15 is 0 Å². The van der Waals surface area contributed by atoms with Crippen LogP contribution < -0.4 is 4.90 Å². The molecule has 8 nitrogen and oxygen atoms in total. The minimum atomic E-state index is -0.369. The van der Waals surface area contributed by atoms with Gasteiger partial charge in [0.1, 0.15) is 23.2 Å². The largest absolute Gasteiger partial charge is 0.363 e. The van der Waals surface area contributed by atoms with Crippen molar-refractivity contribution < 1.29 is 9.66 Å². The van der Waals surface area contributed by atoms with Crippen LogP contribution in [0.1, 0.15) is 32.6 Å². The molecule has 2 aliphatic rings. The Kier molecular flexibility index (Phi) is 6.52. The summed E-state index contributed by atoms with van der Waals surface area (Å²) in [5.74, 6) is 1.50. The van der Waals surface area contributed by atoms with Crippen LogP contribution in [0.4, 0.5) is 11.5 Å². The van der Waals surface area contributed by atoms with Crippen LogP contribution in [0.15, 0.2) is 36.0 Å². The maximum atomic E-state index is 11.0. The summed E-state index contributed by atoms with van der Waals surface area (Å²) in [6.07, 6.45) is 6.55. The van der Waals surface area contributed by atoms with E-state index in [4.69, 9.17) is 4.74 Å². The van der Waals surface area contributed by atoms with Gasteiger partial charge in [0, 0.05) is 61.8 Å². The number of likely N-dealkylation sites (tertiary alicyclic amines) is 1. The average Bonchev–Trinajstić information content (AvgIpc) is 3.53. The molecule has 4 heterocycles. The molecule has 9 heteroatoms. The lowest BCUT2D eigenvalue weighted by atomic mass is 9.93. The van der Waals surface area contributed by atoms with Crippen LogP contribution in [0.2, 0.25) is 0 Å². The Morgan fingerprint density at radius 1 is 1.15 bits per heavy atom. The fraction of sp³-hybridized carbons (Fsp3) is 0.500. The number of nitrogens with zero attached hydrogens (tertiary/aromatic N) is 5. The third-order valence-corrected chi connectivity index (χ3v) is 7.71. The van der Waals surface area contributed by atoms with Gasteiger partial charge in [-0.25, -0.2) is 9.97 Å². The highest BCUT2D eigenvalue weighted by Gasteiger charge is 2.33. The Balaban J connectivity index is 1.38. The van der Waals surface area contributed by atoms with E-state index < -0.39 is 0 Å². The van der Waals surface area contributed by atoms with E-state index in [9.17, 15) is 10.1 Å². The van der Waals surface area contributed by atoms with Crippen molar-refractivity contribution in [3.63, 3.8) is 0 Å². The van der Waals surface area contributed by atoms with Crippen LogP contribution >= 0.6 is 11.3 Å². The molecule has 3 aromatic rings. The first-order valence-corrected chi connectivity index (χ1v) is 12.6. The number of benzene rings is 1. The molecule has 5 rings (SSSR count). The molecule has 2 saturated heterocycles. The fourth-order valence-electron chi connectivity index (χ4n) is 5.18. The van der Waals surface area contributed by atoms with E-state index in [-0.39, 0.29) is 16.8 Å². The van der Waals surface area contributed by atoms with Gasteiger partial charge in [-0.15, -0.1) is 11.3 Å². The highest BCUT2D eigenvalue weighted by Crippen LogP contribution is 2.39. The molecular weight excluding hydrogens is 438 g/mol. The van der Waals surface area contributed by atoms with Gasteiger partial charge in [-0.05, 0) is 50.3 Å². The molecule has 174 valence electrons. The summed E-state index contributed by atoms with van der Waals surface area (Å²) < 4.78 is 6.20. The summed E-state index contributed by atoms with van der Waals surface area (Å²) >= 11 is 1.59. The van der Waals surface area contributed by atoms with Gasteiger partial charge in [0.15, 0.2) is 0 Å². The monoisotopic (exact) mass is 467 g/mol. The number of fused-ring (bicyclic) bond motifs is 1. The Bertz CT molecular complexity index is 1100. The van der Waals surface area contributed by atoms with Crippen molar-refractivity contribution in [1.29, 1.82) is 0 Å². The van der Waals surface area contributed by atoms with Gasteiger partial charge in [-0.3, -0.25) is 15.0 Å². The predicted molar refractivity (Wildman–Crippen MR) is 131 cm³/mol. The Morgan fingerprint density at radius 3 is 2.55 bits per heavy atom. The van der Waals surface area contributed by atoms with Crippen molar-refractivity contribution in [3.8, 4) is 11.1 Å². The number of hydrogen-bond donors (Lipinski definition) is 0. The van der Waals surface area contributed by atoms with Crippen molar-refractivity contribution in [1.82, 2.24) is 14.9 Å². The molecule has 33 heavy (non-hydrogen) atoms. The molecule has 2 aromatic heterocycles. The van der Waals surface area contributed by atoms with Crippen LogP contribution in [0.25, 0.3) is 21.3 Å². The van der Waals surface area contributed by atoms with Gasteiger partial charge in [0.25, 0.3) is 5.69 Å². The molecule has 1 atom stereocenters. The number of hydrogen-bond acceptors (Lipinski definition) is 8. The van der Waals surface area contributed by atoms with Crippen molar-refractivity contribution >= 4 is 33.1 Å². The molecule has 0 bridgehead atoms. The maximum Gasteiger partial charge on any atom is 0.269 e. The summed E-state index contributed by atoms with van der Waals surface area (Å²) in [7, 11) is 0. The zero-order valence-corrected chi connectivity index (χ0v) is 19.7. The minimum absolute atomic E-state index is 0.0960. The lowest BCUT2D eigenvalue weighted by Crippen LogP contribution is -2.46. The van der Waals surface area contributed by atoms with E-state index in [0.29, 0.717) is 5.92 Å². The summed E-state index contributed by atoms with van der Waals surface area (Å²) in [5, 5.41) is 14.2. The third-order valence-electron chi connectivity index (χ3n) is 6.82. The molecule has 2 aliphatic heterocycles. The summed E-state index contributed by atoms with van der Waals surface area (Å²) in [6.45, 7) is 7.00. The number of ether oxygens (including phenoxy) is 1. The second kappa shape index (κ2) is 9.70. The van der Waals surface area contributed by atoms with Gasteiger partial charge < -0.3 is 9.64 Å². The number of rotatable bonds is 7. The first-order chi connectivity index (χ1) is 16.2. The Morgan fingerprint density at radius 2 is 1.88 bits per heavy atom. The molecule has 1 unspecified atom stereocenters. The van der Waals surface area contributed by atoms with Crippen LogP contribution in [-0.2, 0) is 4.74 Å². The van der Waals surface area contributed by atoms with Crippen molar-refractivity contribution in [2.24, 2.45) is 5.92 Å². The molecule has 0 N–H and O–H groups in total. The summed E-state index contributed by atoms with van der Waals surface area (Å²) in [5.41, 5.74) is 2.08. The lowest BCUT2D eigenvalue weighted by molar-refractivity contribution is -0.384. The van der Waals surface area contributed by atoms with Crippen molar-refractivity contribution in [2.45, 2.75) is 38.8 Å². The second-order valence-corrected chi connectivity index (χ2v) is 9.60. The lowest BCUT2D eigenvalue weighted by Gasteiger charge is -2.40. The van der Waals surface area contributed by atoms with Gasteiger partial charge in [0.05, 0.1) is 10.3 Å². The van der Waals surface area contributed by atoms with E-state index in [1.54, 1.807) is 29.8 Å². The van der Waals surface area contributed by atoms with Gasteiger partial charge >= 0.3 is 0 Å². The normalized spacial score (nSPS) is 18.8. The number of aromatic nitrogens is 2. The molecule has 0 spiro atoms. The SMILES string of the molecule is CCOC(C1CCN(c2ncnc3scc(-c4ccc([N+](=O)[O-])cc4)c23)CC1)N1CCCC1. The number of thiophene rings is 1. The van der Waals surface area contributed by atoms with E-state index in [1.807, 2.05) is 12.1 Å².